The molecule has 0 saturated carbocycles. The van der Waals surface area contributed by atoms with Crippen LogP contribution in [0.1, 0.15) is 16.7 Å². The van der Waals surface area contributed by atoms with Crippen molar-refractivity contribution in [2.24, 2.45) is 0 Å². The van der Waals surface area contributed by atoms with Gasteiger partial charge in [-0.2, -0.15) is 0 Å². The summed E-state index contributed by atoms with van der Waals surface area (Å²) in [6.45, 7) is 5.12. The van der Waals surface area contributed by atoms with Crippen LogP contribution in [0.5, 0.6) is 0 Å². The molecule has 0 unspecified atom stereocenters. The van der Waals surface area contributed by atoms with Gasteiger partial charge < -0.3 is 17.0 Å². The van der Waals surface area contributed by atoms with Crippen molar-refractivity contribution >= 4 is 32.8 Å². The summed E-state index contributed by atoms with van der Waals surface area (Å²) in [6.07, 6.45) is 3.59. The topological polar surface area (TPSA) is 117 Å². The Morgan fingerprint density at radius 2 is 1.31 bits per heavy atom. The molecule has 0 amide bonds. The van der Waals surface area contributed by atoms with Gasteiger partial charge in [-0.05, 0) is 31.9 Å². The Bertz CT molecular complexity index is 828. The Balaban J connectivity index is 0.000000400. The molecule has 0 saturated heterocycles. The predicted molar refractivity (Wildman–Crippen MR) is 97.9 cm³/mol. The molecule has 2 heterocycles. The van der Waals surface area contributed by atoms with Crippen LogP contribution in [0.2, 0.25) is 0 Å². The first-order valence-electron chi connectivity index (χ1n) is 7.02. The van der Waals surface area contributed by atoms with E-state index in [1.165, 1.54) is 9.35 Å². The highest BCUT2D eigenvalue weighted by Gasteiger charge is 2.09. The summed E-state index contributed by atoms with van der Waals surface area (Å²) in [6, 6.07) is 3.38. The first-order valence-corrected chi connectivity index (χ1v) is 10.3. The van der Waals surface area contributed by atoms with Gasteiger partial charge in [0.1, 0.15) is 10.1 Å². The van der Waals surface area contributed by atoms with E-state index in [1.54, 1.807) is 61.0 Å². The molecule has 0 spiro atoms. The first-order chi connectivity index (χ1) is 11.6. The summed E-state index contributed by atoms with van der Waals surface area (Å²) in [7, 11) is -4.33. The first kappa shape index (κ1) is 24.3. The minimum Gasteiger partial charge on any atom is -1.00 e. The number of benzene rings is 1. The van der Waals surface area contributed by atoms with E-state index >= 15 is 0 Å². The molecule has 1 aromatic carbocycles. The van der Waals surface area contributed by atoms with Crippen molar-refractivity contribution in [1.29, 1.82) is 0 Å². The minimum absolute atomic E-state index is 0. The lowest BCUT2D eigenvalue weighted by Crippen LogP contribution is -3.00. The van der Waals surface area contributed by atoms with Crippen LogP contribution in [-0.4, -0.2) is 13.0 Å². The van der Waals surface area contributed by atoms with Crippen LogP contribution < -0.4 is 33.4 Å². The average Bonchev–Trinajstić information content (AvgIpc) is 3.11. The molecule has 0 aliphatic carbocycles. The number of rotatable bonds is 1. The van der Waals surface area contributed by atoms with E-state index < -0.39 is 10.1 Å². The van der Waals surface area contributed by atoms with Gasteiger partial charge in [-0.15, -0.1) is 0 Å². The summed E-state index contributed by atoms with van der Waals surface area (Å²) < 4.78 is 35.5. The molecule has 7 nitrogen and oxygen atoms in total. The van der Waals surface area contributed by atoms with Gasteiger partial charge in [0.25, 0.3) is 11.0 Å². The molecule has 11 heteroatoms. The second-order valence-electron chi connectivity index (χ2n) is 5.13. The molecule has 0 radical (unpaired) electrons. The lowest BCUT2D eigenvalue weighted by Gasteiger charge is -2.14. The molecule has 26 heavy (non-hydrogen) atoms. The summed E-state index contributed by atoms with van der Waals surface area (Å²) in [5.74, 6) is 10.4. The van der Waals surface area contributed by atoms with E-state index in [4.69, 9.17) is 11.7 Å². The lowest BCUT2D eigenvalue weighted by atomic mass is 10.1. The molecule has 4 N–H and O–H groups in total. The van der Waals surface area contributed by atoms with E-state index in [-0.39, 0.29) is 17.3 Å². The molecule has 0 bridgehead atoms. The van der Waals surface area contributed by atoms with Crippen molar-refractivity contribution < 1.29 is 34.7 Å². The summed E-state index contributed by atoms with van der Waals surface area (Å²) in [5.41, 5.74) is 5.64. The lowest BCUT2D eigenvalue weighted by molar-refractivity contribution is -0.633. The third kappa shape index (κ3) is 8.59. The van der Waals surface area contributed by atoms with Crippen molar-refractivity contribution in [2.75, 3.05) is 11.7 Å². The Morgan fingerprint density at radius 3 is 1.50 bits per heavy atom. The molecule has 0 aliphatic heterocycles. The van der Waals surface area contributed by atoms with Crippen LogP contribution in [0.25, 0.3) is 0 Å². The summed E-state index contributed by atoms with van der Waals surface area (Å²) in [5, 5.41) is 3.83. The number of aryl methyl sites for hydroxylation is 3. The maximum atomic E-state index is 10.8. The fourth-order valence-electron chi connectivity index (χ4n) is 2.05. The average molecular weight is 437 g/mol. The van der Waals surface area contributed by atoms with Gasteiger partial charge in [-0.1, -0.05) is 49.7 Å². The van der Waals surface area contributed by atoms with E-state index in [1.807, 2.05) is 28.7 Å². The van der Waals surface area contributed by atoms with Gasteiger partial charge in [-0.3, -0.25) is 0 Å². The van der Waals surface area contributed by atoms with E-state index in [2.05, 4.69) is 0 Å². The van der Waals surface area contributed by atoms with Crippen LogP contribution in [0.15, 0.2) is 51.2 Å². The van der Waals surface area contributed by atoms with E-state index in [0.29, 0.717) is 11.1 Å². The fourth-order valence-corrected chi connectivity index (χ4v) is 3.94. The number of hydrogen-bond donors (Lipinski definition) is 2. The number of aromatic nitrogens is 2. The molecule has 0 aliphatic rings. The van der Waals surface area contributed by atoms with Crippen LogP contribution in [0, 0.1) is 20.8 Å². The second kappa shape index (κ2) is 11.1. The van der Waals surface area contributed by atoms with Crippen molar-refractivity contribution in [2.45, 2.75) is 25.7 Å². The van der Waals surface area contributed by atoms with Crippen LogP contribution >= 0.6 is 22.7 Å². The Morgan fingerprint density at radius 1 is 0.923 bits per heavy atom. The normalized spacial score (nSPS) is 9.85. The Kier molecular flexibility index (Phi) is 10.4. The van der Waals surface area contributed by atoms with Gasteiger partial charge in [0.2, 0.25) is 12.4 Å². The van der Waals surface area contributed by atoms with Crippen molar-refractivity contribution in [3.8, 4) is 0 Å². The standard InChI is InChI=1S/C9H12O3S.2C3H5N2S.ClH/c1-6-4-7(2)9(8(3)5-6)13(10,11)12;2*4-5-1-2-6-3-5;/h4-5H,1-3H3,(H,10,11,12);2*1-3H,4H2;1H/q;2*+1;/p-2. The smallest absolute Gasteiger partial charge is 0.254 e. The maximum Gasteiger partial charge on any atom is 0.254 e. The van der Waals surface area contributed by atoms with Gasteiger partial charge in [0, 0.05) is 0 Å². The molecule has 3 rings (SSSR count). The van der Waals surface area contributed by atoms with Crippen LogP contribution in [-0.2, 0) is 10.1 Å². The number of nitrogens with two attached hydrogens (primary N) is 2. The third-order valence-corrected chi connectivity index (χ3v) is 5.27. The monoisotopic (exact) mass is 436 g/mol. The Hall–Kier alpha value is -1.72. The quantitative estimate of drug-likeness (QED) is 0.260. The highest BCUT2D eigenvalue weighted by atomic mass is 35.5. The zero-order valence-corrected chi connectivity index (χ0v) is 17.7. The molecular formula is C15H21ClN4O3S3. The largest absolute Gasteiger partial charge is 1.00 e. The molecule has 144 valence electrons. The summed E-state index contributed by atoms with van der Waals surface area (Å²) in [4.78, 5) is -0.0851. The van der Waals surface area contributed by atoms with Gasteiger partial charge in [0.15, 0.2) is 0 Å². The summed E-state index contributed by atoms with van der Waals surface area (Å²) >= 11 is 3.16. The second-order valence-corrected chi connectivity index (χ2v) is 7.96. The number of hydrogen-bond acceptors (Lipinski definition) is 7. The Labute approximate surface area is 167 Å². The van der Waals surface area contributed by atoms with Crippen molar-refractivity contribution in [3.05, 3.63) is 63.0 Å². The minimum atomic E-state index is -4.33. The SMILES string of the molecule is Cc1cc(C)c(S(=O)(=O)[O-])c(C)c1.N[n+]1ccsc1.N[n+]1ccsc1.[Cl-]. The fraction of sp³-hybridized carbons (Fsp3) is 0.200. The predicted octanol–water partition coefficient (Wildman–Crippen LogP) is -1.98. The van der Waals surface area contributed by atoms with Crippen molar-refractivity contribution in [1.82, 2.24) is 0 Å². The number of halogens is 1. The number of nitrogens with zero attached hydrogens (tertiary/aromatic N) is 2. The molecule has 0 atom stereocenters. The molecule has 3 aromatic rings. The van der Waals surface area contributed by atoms with E-state index in [9.17, 15) is 13.0 Å². The van der Waals surface area contributed by atoms with Crippen molar-refractivity contribution in [3.63, 3.8) is 0 Å². The molecule has 2 aromatic heterocycles. The zero-order valence-electron chi connectivity index (χ0n) is 14.5. The van der Waals surface area contributed by atoms with Crippen LogP contribution in [0.3, 0.4) is 0 Å². The van der Waals surface area contributed by atoms with Gasteiger partial charge >= 0.3 is 0 Å². The van der Waals surface area contributed by atoms with Gasteiger partial charge in [0.05, 0.1) is 15.7 Å². The highest BCUT2D eigenvalue weighted by Crippen LogP contribution is 2.20. The third-order valence-electron chi connectivity index (χ3n) is 2.84. The number of thiazole rings is 2. The number of nitrogen functional groups attached to an aromatic ring is 2. The van der Waals surface area contributed by atoms with E-state index in [0.717, 1.165) is 5.56 Å². The van der Waals surface area contributed by atoms with Crippen LogP contribution in [0.4, 0.5) is 0 Å². The molecular weight excluding hydrogens is 416 g/mol. The maximum absolute atomic E-state index is 10.8. The molecule has 0 fully saturated rings. The van der Waals surface area contributed by atoms with Gasteiger partial charge in [-0.25, -0.2) is 20.1 Å². The zero-order chi connectivity index (χ0) is 19.0. The highest BCUT2D eigenvalue weighted by molar-refractivity contribution is 7.85.